The normalized spacial score (nSPS) is 10.6. The summed E-state index contributed by atoms with van der Waals surface area (Å²) in [6, 6.07) is 10.8. The van der Waals surface area contributed by atoms with E-state index in [1.54, 1.807) is 24.3 Å². The van der Waals surface area contributed by atoms with E-state index in [4.69, 9.17) is 48.3 Å². The smallest absolute Gasteiger partial charge is 0.341 e. The average Bonchev–Trinajstić information content (AvgIpc) is 2.80. The maximum Gasteiger partial charge on any atom is 0.341 e. The van der Waals surface area contributed by atoms with Crippen molar-refractivity contribution < 1.29 is 33.7 Å². The third-order valence-electron chi connectivity index (χ3n) is 4.62. The van der Waals surface area contributed by atoms with Crippen LogP contribution in [0.2, 0.25) is 10.0 Å². The van der Waals surface area contributed by atoms with E-state index in [2.05, 4.69) is 5.32 Å². The van der Waals surface area contributed by atoms with E-state index in [1.807, 2.05) is 0 Å². The molecule has 0 fully saturated rings. The summed E-state index contributed by atoms with van der Waals surface area (Å²) in [5, 5.41) is 13.1. The van der Waals surface area contributed by atoms with Gasteiger partial charge in [0.25, 0.3) is 5.91 Å². The Morgan fingerprint density at radius 3 is 2.41 bits per heavy atom. The van der Waals surface area contributed by atoms with Crippen molar-refractivity contribution in [3.05, 3.63) is 63.6 Å². The molecule has 0 atom stereocenters. The minimum absolute atomic E-state index is 0.148. The highest BCUT2D eigenvalue weighted by molar-refractivity contribution is 6.39. The van der Waals surface area contributed by atoms with Crippen LogP contribution in [0.15, 0.2) is 42.5 Å². The van der Waals surface area contributed by atoms with Crippen LogP contribution >= 0.6 is 23.2 Å². The number of anilines is 1. The zero-order chi connectivity index (χ0) is 24.8. The summed E-state index contributed by atoms with van der Waals surface area (Å²) < 4.78 is 15.7. The Morgan fingerprint density at radius 2 is 1.74 bits per heavy atom. The quantitative estimate of drug-likeness (QED) is 0.371. The van der Waals surface area contributed by atoms with Crippen molar-refractivity contribution in [1.29, 1.82) is 0 Å². The van der Waals surface area contributed by atoms with Crippen LogP contribution in [0.3, 0.4) is 0 Å². The molecule has 34 heavy (non-hydrogen) atoms. The molecule has 0 aliphatic carbocycles. The molecule has 1 amide bonds. The molecule has 3 rings (SSSR count). The van der Waals surface area contributed by atoms with Crippen LogP contribution in [0.1, 0.15) is 15.9 Å². The summed E-state index contributed by atoms with van der Waals surface area (Å²) in [6.45, 7) is -0.842. The van der Waals surface area contributed by atoms with Gasteiger partial charge in [-0.25, -0.2) is 9.59 Å². The molecule has 0 heterocycles. The molecule has 0 bridgehead atoms. The predicted octanol–water partition coefficient (Wildman–Crippen LogP) is 3.87. The highest BCUT2D eigenvalue weighted by Gasteiger charge is 2.17. The molecule has 0 spiro atoms. The van der Waals surface area contributed by atoms with Crippen molar-refractivity contribution in [3.8, 4) is 11.5 Å². The number of halogens is 2. The van der Waals surface area contributed by atoms with Crippen molar-refractivity contribution in [2.75, 3.05) is 25.6 Å². The molecule has 0 radical (unpaired) electrons. The molecule has 11 heteroatoms. The van der Waals surface area contributed by atoms with E-state index >= 15 is 0 Å². The fourth-order valence-corrected chi connectivity index (χ4v) is 3.73. The van der Waals surface area contributed by atoms with E-state index in [0.717, 1.165) is 0 Å². The third-order valence-corrected chi connectivity index (χ3v) is 5.13. The van der Waals surface area contributed by atoms with E-state index in [0.29, 0.717) is 21.4 Å². The first-order valence-electron chi connectivity index (χ1n) is 9.83. The highest BCUT2D eigenvalue weighted by Crippen LogP contribution is 2.36. The second-order valence-corrected chi connectivity index (χ2v) is 7.85. The minimum atomic E-state index is -1.17. The highest BCUT2D eigenvalue weighted by atomic mass is 35.5. The first-order chi connectivity index (χ1) is 16.2. The summed E-state index contributed by atoms with van der Waals surface area (Å²) in [7, 11) is 1.24. The maximum absolute atomic E-state index is 12.6. The van der Waals surface area contributed by atoms with Crippen molar-refractivity contribution >= 4 is 57.5 Å². The first kappa shape index (κ1) is 25.1. The van der Waals surface area contributed by atoms with Gasteiger partial charge in [-0.15, -0.1) is 0 Å². The molecular formula is C23H20Cl2N2O7. The molecule has 178 valence electrons. The van der Waals surface area contributed by atoms with E-state index in [1.165, 1.54) is 25.3 Å². The minimum Gasteiger partial charge on any atom is -0.483 e. The molecule has 9 nitrogen and oxygen atoms in total. The maximum atomic E-state index is 12.6. The number of carbonyl (C=O) groups excluding carboxylic acids is 2. The molecule has 3 aromatic rings. The molecule has 0 unspecified atom stereocenters. The van der Waals surface area contributed by atoms with Gasteiger partial charge in [-0.1, -0.05) is 29.3 Å². The SMILES string of the molecule is COC(=O)c1cc(OCC(=O)Nc2ccc(CN)cc2OCC(=O)O)c2c(Cl)cc(Cl)cc2c1. The van der Waals surface area contributed by atoms with Gasteiger partial charge < -0.3 is 30.4 Å². The summed E-state index contributed by atoms with van der Waals surface area (Å²) in [5.74, 6) is -2.02. The number of hydrogen-bond acceptors (Lipinski definition) is 7. The summed E-state index contributed by atoms with van der Waals surface area (Å²) in [6.07, 6.45) is 0. The number of carboxylic acids is 1. The molecule has 4 N–H and O–H groups in total. The largest absolute Gasteiger partial charge is 0.483 e. The standard InChI is InChI=1S/C23H20Cl2N2O7/c1-32-23(31)14-5-13-6-15(24)8-16(25)22(13)19(7-14)33-10-20(28)27-17-3-2-12(9-26)4-18(17)34-11-21(29)30/h2-8H,9-11,26H2,1H3,(H,27,28)(H,29,30). The summed E-state index contributed by atoms with van der Waals surface area (Å²) in [5.41, 5.74) is 6.73. The third kappa shape index (κ3) is 6.07. The van der Waals surface area contributed by atoms with Crippen molar-refractivity contribution in [2.45, 2.75) is 6.54 Å². The lowest BCUT2D eigenvalue weighted by Crippen LogP contribution is -2.21. The van der Waals surface area contributed by atoms with Crippen LogP contribution in [-0.4, -0.2) is 43.3 Å². The lowest BCUT2D eigenvalue weighted by atomic mass is 10.1. The molecule has 3 aromatic carbocycles. The number of esters is 1. The number of fused-ring (bicyclic) bond motifs is 1. The number of aliphatic carboxylic acids is 1. The van der Waals surface area contributed by atoms with Crippen LogP contribution < -0.4 is 20.5 Å². The number of hydrogen-bond donors (Lipinski definition) is 3. The van der Waals surface area contributed by atoms with E-state index < -0.39 is 31.1 Å². The lowest BCUT2D eigenvalue weighted by molar-refractivity contribution is -0.139. The van der Waals surface area contributed by atoms with Gasteiger partial charge >= 0.3 is 11.9 Å². The van der Waals surface area contributed by atoms with Crippen molar-refractivity contribution in [2.24, 2.45) is 5.73 Å². The number of rotatable bonds is 9. The number of nitrogens with two attached hydrogens (primary N) is 1. The van der Waals surface area contributed by atoms with Gasteiger partial charge in [0.05, 0.1) is 23.4 Å². The average molecular weight is 507 g/mol. The second-order valence-electron chi connectivity index (χ2n) is 7.01. The van der Waals surface area contributed by atoms with Crippen LogP contribution in [0.25, 0.3) is 10.8 Å². The Bertz CT molecular complexity index is 1260. The number of nitrogens with one attached hydrogen (secondary N) is 1. The topological polar surface area (TPSA) is 137 Å². The van der Waals surface area contributed by atoms with Crippen LogP contribution in [0.5, 0.6) is 11.5 Å². The van der Waals surface area contributed by atoms with Gasteiger partial charge in [-0.05, 0) is 47.3 Å². The number of carboxylic acid groups (broad SMARTS) is 1. The number of benzene rings is 3. The molecule has 0 saturated carbocycles. The Kier molecular flexibility index (Phi) is 8.17. The van der Waals surface area contributed by atoms with Gasteiger partial charge in [-0.2, -0.15) is 0 Å². The van der Waals surface area contributed by atoms with Gasteiger partial charge in [0.1, 0.15) is 11.5 Å². The van der Waals surface area contributed by atoms with E-state index in [9.17, 15) is 14.4 Å². The first-order valence-corrected chi connectivity index (χ1v) is 10.6. The molecule has 0 saturated heterocycles. The summed E-state index contributed by atoms with van der Waals surface area (Å²) in [4.78, 5) is 35.5. The van der Waals surface area contributed by atoms with Crippen molar-refractivity contribution in [3.63, 3.8) is 0 Å². The van der Waals surface area contributed by atoms with Crippen molar-refractivity contribution in [1.82, 2.24) is 0 Å². The summed E-state index contributed by atoms with van der Waals surface area (Å²) >= 11 is 12.4. The Labute approximate surface area is 204 Å². The fourth-order valence-electron chi connectivity index (χ4n) is 3.12. The van der Waals surface area contributed by atoms with Gasteiger partial charge in [0.2, 0.25) is 0 Å². The second kappa shape index (κ2) is 11.1. The Morgan fingerprint density at radius 1 is 1.00 bits per heavy atom. The van der Waals surface area contributed by atoms with Gasteiger partial charge in [-0.3, -0.25) is 4.79 Å². The van der Waals surface area contributed by atoms with E-state index in [-0.39, 0.29) is 34.3 Å². The van der Waals surface area contributed by atoms with Crippen LogP contribution in [0, 0.1) is 0 Å². The molecule has 0 aromatic heterocycles. The lowest BCUT2D eigenvalue weighted by Gasteiger charge is -2.15. The predicted molar refractivity (Wildman–Crippen MR) is 127 cm³/mol. The fraction of sp³-hybridized carbons (Fsp3) is 0.174. The van der Waals surface area contributed by atoms with Crippen LogP contribution in [-0.2, 0) is 20.9 Å². The van der Waals surface area contributed by atoms with Gasteiger partial charge in [0.15, 0.2) is 13.2 Å². The number of ether oxygens (including phenoxy) is 3. The Balaban J connectivity index is 1.84. The monoisotopic (exact) mass is 506 g/mol. The zero-order valence-corrected chi connectivity index (χ0v) is 19.4. The van der Waals surface area contributed by atoms with Crippen LogP contribution in [0.4, 0.5) is 5.69 Å². The number of methoxy groups -OCH3 is 1. The zero-order valence-electron chi connectivity index (χ0n) is 17.9. The number of amides is 1. The molecular weight excluding hydrogens is 487 g/mol. The van der Waals surface area contributed by atoms with Gasteiger partial charge in [0, 0.05) is 17.0 Å². The molecule has 0 aliphatic heterocycles. The molecule has 0 aliphatic rings. The number of carbonyl (C=O) groups is 3. The Hall–Kier alpha value is -3.53.